The van der Waals surface area contributed by atoms with E-state index in [-0.39, 0.29) is 5.60 Å². The molecular formula is C12H13NO. The Kier molecular flexibility index (Phi) is 2.26. The fourth-order valence-electron chi connectivity index (χ4n) is 1.98. The Labute approximate surface area is 84.1 Å². The number of ether oxygens (including phenoxy) is 1. The molecule has 72 valence electrons. The van der Waals surface area contributed by atoms with Gasteiger partial charge in [0.25, 0.3) is 0 Å². The number of fused-ring (bicyclic) bond motifs is 1. The molecule has 0 fully saturated rings. The summed E-state index contributed by atoms with van der Waals surface area (Å²) < 4.78 is 5.76. The number of rotatable bonds is 2. The van der Waals surface area contributed by atoms with Gasteiger partial charge in [-0.15, -0.1) is 0 Å². The first-order valence-electron chi connectivity index (χ1n) is 4.85. The molecule has 0 aromatic heterocycles. The molecule has 0 N–H and O–H groups in total. The van der Waals surface area contributed by atoms with Crippen LogP contribution in [-0.2, 0) is 16.9 Å². The summed E-state index contributed by atoms with van der Waals surface area (Å²) in [6.07, 6.45) is 1.32. The predicted molar refractivity (Wildman–Crippen MR) is 53.4 cm³/mol. The van der Waals surface area contributed by atoms with Gasteiger partial charge < -0.3 is 4.74 Å². The molecule has 14 heavy (non-hydrogen) atoms. The fraction of sp³-hybridized carbons (Fsp3) is 0.417. The van der Waals surface area contributed by atoms with Gasteiger partial charge in [0.2, 0.25) is 0 Å². The zero-order valence-corrected chi connectivity index (χ0v) is 8.29. The Morgan fingerprint density at radius 2 is 2.29 bits per heavy atom. The van der Waals surface area contributed by atoms with Gasteiger partial charge in [0, 0.05) is 6.42 Å². The van der Waals surface area contributed by atoms with Crippen LogP contribution in [0, 0.1) is 11.3 Å². The lowest BCUT2D eigenvalue weighted by atomic mass is 9.90. The van der Waals surface area contributed by atoms with Gasteiger partial charge in [-0.25, -0.2) is 0 Å². The Balaban J connectivity index is 2.29. The highest BCUT2D eigenvalue weighted by Gasteiger charge is 2.34. The summed E-state index contributed by atoms with van der Waals surface area (Å²) in [6, 6.07) is 10.4. The van der Waals surface area contributed by atoms with E-state index in [1.165, 1.54) is 11.1 Å². The monoisotopic (exact) mass is 187 g/mol. The maximum atomic E-state index is 8.58. The van der Waals surface area contributed by atoms with Crippen LogP contribution in [-0.4, -0.2) is 0 Å². The lowest BCUT2D eigenvalue weighted by Crippen LogP contribution is -2.20. The minimum absolute atomic E-state index is 0.244. The Morgan fingerprint density at radius 3 is 3.07 bits per heavy atom. The standard InChI is InChI=1S/C12H13NO/c1-12(7-4-8-13)11-6-3-2-5-10(11)9-14-12/h2-3,5-6H,4,7,9H2,1H3. The third-order valence-electron chi connectivity index (χ3n) is 2.85. The first kappa shape index (κ1) is 9.23. The molecule has 1 unspecified atom stereocenters. The van der Waals surface area contributed by atoms with Crippen molar-refractivity contribution in [2.75, 3.05) is 0 Å². The summed E-state index contributed by atoms with van der Waals surface area (Å²) >= 11 is 0. The molecule has 0 bridgehead atoms. The second-order valence-electron chi connectivity index (χ2n) is 3.83. The molecule has 0 amide bonds. The molecule has 2 nitrogen and oxygen atoms in total. The minimum Gasteiger partial charge on any atom is -0.366 e. The highest BCUT2D eigenvalue weighted by atomic mass is 16.5. The van der Waals surface area contributed by atoms with Crippen LogP contribution in [0.15, 0.2) is 24.3 Å². The molecule has 1 aromatic carbocycles. The maximum absolute atomic E-state index is 8.58. The first-order chi connectivity index (χ1) is 6.76. The molecule has 0 spiro atoms. The molecular weight excluding hydrogens is 174 g/mol. The van der Waals surface area contributed by atoms with Crippen molar-refractivity contribution >= 4 is 0 Å². The van der Waals surface area contributed by atoms with Gasteiger partial charge in [0.15, 0.2) is 0 Å². The molecule has 1 heterocycles. The van der Waals surface area contributed by atoms with E-state index in [2.05, 4.69) is 25.1 Å². The minimum atomic E-state index is -0.244. The zero-order chi connectivity index (χ0) is 10.0. The zero-order valence-electron chi connectivity index (χ0n) is 8.29. The van der Waals surface area contributed by atoms with E-state index in [1.807, 2.05) is 12.1 Å². The quantitative estimate of drug-likeness (QED) is 0.713. The van der Waals surface area contributed by atoms with Gasteiger partial charge in [-0.2, -0.15) is 5.26 Å². The Morgan fingerprint density at radius 1 is 1.50 bits per heavy atom. The molecule has 2 heteroatoms. The van der Waals surface area contributed by atoms with Gasteiger partial charge in [0.05, 0.1) is 18.3 Å². The number of hydrogen-bond donors (Lipinski definition) is 0. The van der Waals surface area contributed by atoms with E-state index < -0.39 is 0 Å². The second kappa shape index (κ2) is 3.43. The summed E-state index contributed by atoms with van der Waals surface area (Å²) in [5, 5.41) is 8.58. The lowest BCUT2D eigenvalue weighted by molar-refractivity contribution is -0.0285. The number of benzene rings is 1. The van der Waals surface area contributed by atoms with E-state index in [0.29, 0.717) is 13.0 Å². The van der Waals surface area contributed by atoms with E-state index in [9.17, 15) is 0 Å². The van der Waals surface area contributed by atoms with E-state index in [1.54, 1.807) is 0 Å². The molecule has 0 saturated carbocycles. The van der Waals surface area contributed by atoms with Crippen LogP contribution in [0.1, 0.15) is 30.9 Å². The van der Waals surface area contributed by atoms with Crippen molar-refractivity contribution in [2.24, 2.45) is 0 Å². The van der Waals surface area contributed by atoms with E-state index >= 15 is 0 Å². The SMILES string of the molecule is CC1(CCC#N)OCc2ccccc21. The molecule has 0 aliphatic carbocycles. The number of hydrogen-bond acceptors (Lipinski definition) is 2. The van der Waals surface area contributed by atoms with Crippen LogP contribution in [0.3, 0.4) is 0 Å². The molecule has 1 atom stereocenters. The Hall–Kier alpha value is -1.33. The summed E-state index contributed by atoms with van der Waals surface area (Å²) in [4.78, 5) is 0. The summed E-state index contributed by atoms with van der Waals surface area (Å²) in [7, 11) is 0. The van der Waals surface area contributed by atoms with Crippen LogP contribution in [0.5, 0.6) is 0 Å². The van der Waals surface area contributed by atoms with Crippen LogP contribution in [0.4, 0.5) is 0 Å². The second-order valence-corrected chi connectivity index (χ2v) is 3.83. The van der Waals surface area contributed by atoms with Crippen molar-refractivity contribution in [3.63, 3.8) is 0 Å². The van der Waals surface area contributed by atoms with Gasteiger partial charge in [-0.3, -0.25) is 0 Å². The summed E-state index contributed by atoms with van der Waals surface area (Å²) in [5.41, 5.74) is 2.26. The van der Waals surface area contributed by atoms with Crippen molar-refractivity contribution in [3.8, 4) is 6.07 Å². The molecule has 0 saturated heterocycles. The van der Waals surface area contributed by atoms with Gasteiger partial charge >= 0.3 is 0 Å². The van der Waals surface area contributed by atoms with Crippen molar-refractivity contribution in [1.29, 1.82) is 5.26 Å². The summed E-state index contributed by atoms with van der Waals surface area (Å²) in [5.74, 6) is 0. The van der Waals surface area contributed by atoms with Crippen molar-refractivity contribution in [3.05, 3.63) is 35.4 Å². The first-order valence-corrected chi connectivity index (χ1v) is 4.85. The largest absolute Gasteiger partial charge is 0.366 e. The maximum Gasteiger partial charge on any atom is 0.0921 e. The van der Waals surface area contributed by atoms with E-state index in [0.717, 1.165) is 6.42 Å². The summed E-state index contributed by atoms with van der Waals surface area (Å²) in [6.45, 7) is 2.74. The third kappa shape index (κ3) is 1.40. The lowest BCUT2D eigenvalue weighted by Gasteiger charge is -2.23. The van der Waals surface area contributed by atoms with Crippen molar-refractivity contribution in [1.82, 2.24) is 0 Å². The van der Waals surface area contributed by atoms with Gasteiger partial charge in [-0.05, 0) is 24.5 Å². The van der Waals surface area contributed by atoms with Crippen LogP contribution in [0.2, 0.25) is 0 Å². The van der Waals surface area contributed by atoms with E-state index in [4.69, 9.17) is 10.00 Å². The molecule has 1 aliphatic heterocycles. The average molecular weight is 187 g/mol. The highest BCUT2D eigenvalue weighted by molar-refractivity contribution is 5.34. The van der Waals surface area contributed by atoms with Crippen LogP contribution < -0.4 is 0 Å². The topological polar surface area (TPSA) is 33.0 Å². The van der Waals surface area contributed by atoms with Gasteiger partial charge in [-0.1, -0.05) is 24.3 Å². The van der Waals surface area contributed by atoms with Gasteiger partial charge in [0.1, 0.15) is 0 Å². The normalized spacial score (nSPS) is 24.3. The molecule has 1 aromatic rings. The third-order valence-corrected chi connectivity index (χ3v) is 2.85. The van der Waals surface area contributed by atoms with Crippen LogP contribution in [0.25, 0.3) is 0 Å². The van der Waals surface area contributed by atoms with Crippen molar-refractivity contribution in [2.45, 2.75) is 32.0 Å². The Bertz CT molecular complexity index is 380. The van der Waals surface area contributed by atoms with Crippen molar-refractivity contribution < 1.29 is 4.74 Å². The fourth-order valence-corrected chi connectivity index (χ4v) is 1.98. The molecule has 1 aliphatic rings. The molecule has 2 rings (SSSR count). The number of nitriles is 1. The number of nitrogens with zero attached hydrogens (tertiary/aromatic N) is 1. The molecule has 0 radical (unpaired) electrons. The average Bonchev–Trinajstić information content (AvgIpc) is 2.55. The predicted octanol–water partition coefficient (Wildman–Crippen LogP) is 2.74. The smallest absolute Gasteiger partial charge is 0.0921 e. The van der Waals surface area contributed by atoms with Crippen LogP contribution >= 0.6 is 0 Å². The highest BCUT2D eigenvalue weighted by Crippen LogP contribution is 2.39.